The highest BCUT2D eigenvalue weighted by atomic mass is 35.5. The van der Waals surface area contributed by atoms with Crippen LogP contribution in [0.3, 0.4) is 0 Å². The Balaban J connectivity index is 1.79. The average molecular weight is 440 g/mol. The second kappa shape index (κ2) is 9.02. The fourth-order valence-electron chi connectivity index (χ4n) is 3.83. The minimum atomic E-state index is -0.0203. The van der Waals surface area contributed by atoms with Gasteiger partial charge in [-0.25, -0.2) is 4.68 Å². The largest absolute Gasteiger partial charge is 0.497 e. The Morgan fingerprint density at radius 2 is 1.74 bits per heavy atom. The van der Waals surface area contributed by atoms with Gasteiger partial charge in [0.2, 0.25) is 0 Å². The van der Waals surface area contributed by atoms with Gasteiger partial charge in [0, 0.05) is 29.7 Å². The number of piperidine rings is 1. The molecule has 0 atom stereocenters. The van der Waals surface area contributed by atoms with Crippen LogP contribution in [0.1, 0.15) is 30.3 Å². The minimum Gasteiger partial charge on any atom is -0.497 e. The lowest BCUT2D eigenvalue weighted by Gasteiger charge is -2.30. The first-order valence-corrected chi connectivity index (χ1v) is 10.8. The van der Waals surface area contributed by atoms with Crippen LogP contribution in [-0.2, 0) is 0 Å². The second-order valence-electron chi connectivity index (χ2n) is 7.84. The highest BCUT2D eigenvalue weighted by Gasteiger charge is 2.26. The predicted octanol–water partition coefficient (Wildman–Crippen LogP) is 5.08. The summed E-state index contributed by atoms with van der Waals surface area (Å²) < 4.78 is 12.6. The molecule has 0 saturated carbocycles. The Morgan fingerprint density at radius 1 is 1.03 bits per heavy atom. The number of benzene rings is 2. The van der Waals surface area contributed by atoms with Crippen molar-refractivity contribution in [2.45, 2.75) is 19.8 Å². The molecular weight excluding hydrogens is 414 g/mol. The van der Waals surface area contributed by atoms with Crippen LogP contribution in [0.2, 0.25) is 5.02 Å². The topological polar surface area (TPSA) is 56.6 Å². The van der Waals surface area contributed by atoms with Gasteiger partial charge in [0.15, 0.2) is 0 Å². The maximum atomic E-state index is 13.5. The number of carbonyl (C=O) groups excluding carboxylic acids is 1. The van der Waals surface area contributed by atoms with E-state index < -0.39 is 0 Å². The van der Waals surface area contributed by atoms with E-state index in [9.17, 15) is 4.79 Å². The molecule has 0 aliphatic carbocycles. The minimum absolute atomic E-state index is 0.0203. The van der Waals surface area contributed by atoms with Crippen LogP contribution in [0.15, 0.2) is 48.5 Å². The normalized spacial score (nSPS) is 14.5. The summed E-state index contributed by atoms with van der Waals surface area (Å²) in [6, 6.07) is 14.7. The molecule has 1 aliphatic heterocycles. The molecule has 1 amide bonds. The molecule has 4 rings (SSSR count). The summed E-state index contributed by atoms with van der Waals surface area (Å²) >= 11 is 6.07. The SMILES string of the molecule is COc1ccc(-c2cc(C(=O)N3CCC(C)CC3)n(-c3ccc(Cl)cc3)n2)c(OC)c1. The first kappa shape index (κ1) is 21.2. The molecule has 0 spiro atoms. The Bertz CT molecular complexity index is 1070. The summed E-state index contributed by atoms with van der Waals surface area (Å²) in [5, 5.41) is 5.41. The van der Waals surface area contributed by atoms with Crippen LogP contribution in [0.25, 0.3) is 16.9 Å². The number of nitrogens with zero attached hydrogens (tertiary/aromatic N) is 3. The van der Waals surface area contributed by atoms with Crippen molar-refractivity contribution >= 4 is 17.5 Å². The monoisotopic (exact) mass is 439 g/mol. The van der Waals surface area contributed by atoms with Crippen LogP contribution < -0.4 is 9.47 Å². The molecule has 1 aliphatic rings. The number of hydrogen-bond donors (Lipinski definition) is 0. The number of hydrogen-bond acceptors (Lipinski definition) is 4. The van der Waals surface area contributed by atoms with Crippen molar-refractivity contribution < 1.29 is 14.3 Å². The van der Waals surface area contributed by atoms with E-state index in [0.717, 1.165) is 37.2 Å². The van der Waals surface area contributed by atoms with E-state index in [1.165, 1.54) is 0 Å². The van der Waals surface area contributed by atoms with Gasteiger partial charge >= 0.3 is 0 Å². The lowest BCUT2D eigenvalue weighted by molar-refractivity contribution is 0.0688. The maximum absolute atomic E-state index is 13.5. The molecule has 1 saturated heterocycles. The molecule has 1 fully saturated rings. The second-order valence-corrected chi connectivity index (χ2v) is 8.28. The highest BCUT2D eigenvalue weighted by Crippen LogP contribution is 2.34. The zero-order chi connectivity index (χ0) is 22.0. The first-order valence-electron chi connectivity index (χ1n) is 10.4. The number of halogens is 1. The number of ether oxygens (including phenoxy) is 2. The van der Waals surface area contributed by atoms with E-state index in [0.29, 0.717) is 33.8 Å². The van der Waals surface area contributed by atoms with Gasteiger partial charge < -0.3 is 14.4 Å². The summed E-state index contributed by atoms with van der Waals surface area (Å²) in [6.07, 6.45) is 2.03. The maximum Gasteiger partial charge on any atom is 0.272 e. The standard InChI is InChI=1S/C24H26ClN3O3/c1-16-10-12-27(13-11-16)24(29)22-15-21(20-9-8-19(30-2)14-23(20)31-3)26-28(22)18-6-4-17(25)5-7-18/h4-9,14-16H,10-13H2,1-3H3. The molecule has 0 N–H and O–H groups in total. The summed E-state index contributed by atoms with van der Waals surface area (Å²) in [5.41, 5.74) is 2.74. The molecule has 6 nitrogen and oxygen atoms in total. The zero-order valence-electron chi connectivity index (χ0n) is 18.0. The third-order valence-corrected chi connectivity index (χ3v) is 6.01. The van der Waals surface area contributed by atoms with Gasteiger partial charge in [0.25, 0.3) is 5.91 Å². The zero-order valence-corrected chi connectivity index (χ0v) is 18.7. The molecule has 0 bridgehead atoms. The number of aromatic nitrogens is 2. The van der Waals surface area contributed by atoms with E-state index in [2.05, 4.69) is 6.92 Å². The summed E-state index contributed by atoms with van der Waals surface area (Å²) in [7, 11) is 3.22. The van der Waals surface area contributed by atoms with E-state index in [4.69, 9.17) is 26.2 Å². The van der Waals surface area contributed by atoms with Gasteiger partial charge in [-0.05, 0) is 61.2 Å². The predicted molar refractivity (Wildman–Crippen MR) is 121 cm³/mol. The van der Waals surface area contributed by atoms with Crippen LogP contribution in [0.5, 0.6) is 11.5 Å². The fourth-order valence-corrected chi connectivity index (χ4v) is 3.95. The number of carbonyl (C=O) groups is 1. The molecule has 31 heavy (non-hydrogen) atoms. The van der Waals surface area contributed by atoms with Gasteiger partial charge in [-0.2, -0.15) is 5.10 Å². The molecule has 1 aromatic heterocycles. The van der Waals surface area contributed by atoms with E-state index in [-0.39, 0.29) is 5.91 Å². The van der Waals surface area contributed by atoms with Gasteiger partial charge in [-0.1, -0.05) is 18.5 Å². The summed E-state index contributed by atoms with van der Waals surface area (Å²) in [4.78, 5) is 15.4. The third kappa shape index (κ3) is 4.39. The van der Waals surface area contributed by atoms with Gasteiger partial charge in [0.05, 0.1) is 25.6 Å². The number of amides is 1. The van der Waals surface area contributed by atoms with Crippen molar-refractivity contribution in [3.05, 3.63) is 59.2 Å². The molecule has 2 aromatic carbocycles. The Labute approximate surface area is 187 Å². The van der Waals surface area contributed by atoms with Gasteiger partial charge in [0.1, 0.15) is 17.2 Å². The fraction of sp³-hybridized carbons (Fsp3) is 0.333. The van der Waals surface area contributed by atoms with Crippen LogP contribution in [-0.4, -0.2) is 47.9 Å². The van der Waals surface area contributed by atoms with E-state index in [1.54, 1.807) is 31.0 Å². The van der Waals surface area contributed by atoms with Gasteiger partial charge in [-0.3, -0.25) is 4.79 Å². The molecular formula is C24H26ClN3O3. The molecule has 2 heterocycles. The Morgan fingerprint density at radius 3 is 2.39 bits per heavy atom. The first-order chi connectivity index (χ1) is 15.0. The third-order valence-electron chi connectivity index (χ3n) is 5.76. The lowest BCUT2D eigenvalue weighted by Crippen LogP contribution is -2.38. The lowest BCUT2D eigenvalue weighted by atomic mass is 9.99. The van der Waals surface area contributed by atoms with E-state index in [1.807, 2.05) is 41.3 Å². The quantitative estimate of drug-likeness (QED) is 0.556. The molecule has 0 unspecified atom stereocenters. The molecule has 162 valence electrons. The van der Waals surface area contributed by atoms with Crippen molar-refractivity contribution in [2.24, 2.45) is 5.92 Å². The van der Waals surface area contributed by atoms with Crippen LogP contribution >= 0.6 is 11.6 Å². The molecule has 0 radical (unpaired) electrons. The van der Waals surface area contributed by atoms with Crippen molar-refractivity contribution in [2.75, 3.05) is 27.3 Å². The Hall–Kier alpha value is -2.99. The van der Waals surface area contributed by atoms with Gasteiger partial charge in [-0.15, -0.1) is 0 Å². The summed E-state index contributed by atoms with van der Waals surface area (Å²) in [6.45, 7) is 3.74. The number of likely N-dealkylation sites (tertiary alicyclic amines) is 1. The van der Waals surface area contributed by atoms with Crippen molar-refractivity contribution in [3.8, 4) is 28.4 Å². The smallest absolute Gasteiger partial charge is 0.272 e. The number of methoxy groups -OCH3 is 2. The average Bonchev–Trinajstić information content (AvgIpc) is 3.24. The molecule has 3 aromatic rings. The Kier molecular flexibility index (Phi) is 6.18. The molecule has 7 heteroatoms. The van der Waals surface area contributed by atoms with Crippen LogP contribution in [0, 0.1) is 5.92 Å². The van der Waals surface area contributed by atoms with E-state index >= 15 is 0 Å². The van der Waals surface area contributed by atoms with Crippen molar-refractivity contribution in [1.82, 2.24) is 14.7 Å². The van der Waals surface area contributed by atoms with Crippen LogP contribution in [0.4, 0.5) is 0 Å². The highest BCUT2D eigenvalue weighted by molar-refractivity contribution is 6.30. The van der Waals surface area contributed by atoms with Crippen molar-refractivity contribution in [1.29, 1.82) is 0 Å². The summed E-state index contributed by atoms with van der Waals surface area (Å²) in [5.74, 6) is 1.94. The van der Waals surface area contributed by atoms with Crippen molar-refractivity contribution in [3.63, 3.8) is 0 Å². The number of rotatable bonds is 5.